The van der Waals surface area contributed by atoms with Crippen molar-refractivity contribution in [1.29, 1.82) is 0 Å². The molecule has 4 nitrogen and oxygen atoms in total. The van der Waals surface area contributed by atoms with Crippen LogP contribution >= 0.6 is 0 Å². The first kappa shape index (κ1) is 16.6. The quantitative estimate of drug-likeness (QED) is 0.661. The Morgan fingerprint density at radius 1 is 0.923 bits per heavy atom. The molecule has 0 amide bonds. The van der Waals surface area contributed by atoms with E-state index in [4.69, 9.17) is 9.47 Å². The van der Waals surface area contributed by atoms with Crippen LogP contribution in [0.15, 0.2) is 72.9 Å². The molecular weight excluding hydrogens is 324 g/mol. The van der Waals surface area contributed by atoms with E-state index in [1.54, 1.807) is 6.20 Å². The van der Waals surface area contributed by atoms with Crippen molar-refractivity contribution in [2.45, 2.75) is 19.6 Å². The monoisotopic (exact) mass is 346 g/mol. The molecule has 4 rings (SSSR count). The van der Waals surface area contributed by atoms with E-state index in [0.29, 0.717) is 0 Å². The van der Waals surface area contributed by atoms with Crippen molar-refractivity contribution in [2.75, 3.05) is 13.1 Å². The summed E-state index contributed by atoms with van der Waals surface area (Å²) in [6, 6.07) is 22.0. The lowest BCUT2D eigenvalue weighted by Gasteiger charge is -2.39. The number of rotatable bonds is 6. The second kappa shape index (κ2) is 7.58. The number of nitrogens with zero attached hydrogens (tertiary/aromatic N) is 2. The lowest BCUT2D eigenvalue weighted by Crippen LogP contribution is -2.53. The molecule has 0 aliphatic carbocycles. The Morgan fingerprint density at radius 3 is 2.38 bits per heavy atom. The number of para-hydroxylation sites is 1. The summed E-state index contributed by atoms with van der Waals surface area (Å²) in [5.74, 6) is 2.62. The maximum absolute atomic E-state index is 5.98. The highest BCUT2D eigenvalue weighted by Gasteiger charge is 2.28. The van der Waals surface area contributed by atoms with Gasteiger partial charge in [-0.3, -0.25) is 9.88 Å². The molecule has 4 heteroatoms. The van der Waals surface area contributed by atoms with Gasteiger partial charge in [-0.05, 0) is 42.8 Å². The van der Waals surface area contributed by atoms with Crippen LogP contribution in [0.3, 0.4) is 0 Å². The molecule has 3 aromatic rings. The van der Waals surface area contributed by atoms with Gasteiger partial charge in [0.25, 0.3) is 0 Å². The number of aryl methyl sites for hydroxylation is 1. The third-order valence-corrected chi connectivity index (χ3v) is 4.40. The smallest absolute Gasteiger partial charge is 0.127 e. The van der Waals surface area contributed by atoms with E-state index >= 15 is 0 Å². The summed E-state index contributed by atoms with van der Waals surface area (Å²) in [6.07, 6.45) is 2.05. The van der Waals surface area contributed by atoms with E-state index < -0.39 is 0 Å². The van der Waals surface area contributed by atoms with Crippen LogP contribution in [0.4, 0.5) is 0 Å². The summed E-state index contributed by atoms with van der Waals surface area (Å²) in [6.45, 7) is 4.80. The van der Waals surface area contributed by atoms with Crippen molar-refractivity contribution in [3.05, 3.63) is 84.2 Å². The fraction of sp³-hybridized carbons (Fsp3) is 0.227. The summed E-state index contributed by atoms with van der Waals surface area (Å²) in [5.41, 5.74) is 2.26. The van der Waals surface area contributed by atoms with Gasteiger partial charge in [0.1, 0.15) is 23.4 Å². The number of pyridine rings is 1. The number of likely N-dealkylation sites (tertiary alicyclic amines) is 1. The summed E-state index contributed by atoms with van der Waals surface area (Å²) < 4.78 is 11.8. The number of aromatic nitrogens is 1. The van der Waals surface area contributed by atoms with Crippen molar-refractivity contribution in [1.82, 2.24) is 9.88 Å². The van der Waals surface area contributed by atoms with Crippen molar-refractivity contribution in [3.63, 3.8) is 0 Å². The first-order chi connectivity index (χ1) is 12.7. The zero-order chi connectivity index (χ0) is 17.8. The Balaban J connectivity index is 1.25. The molecule has 1 aliphatic heterocycles. The average molecular weight is 346 g/mol. The van der Waals surface area contributed by atoms with E-state index in [0.717, 1.165) is 42.6 Å². The van der Waals surface area contributed by atoms with E-state index in [-0.39, 0.29) is 6.10 Å². The first-order valence-corrected chi connectivity index (χ1v) is 8.88. The molecule has 1 aromatic heterocycles. The summed E-state index contributed by atoms with van der Waals surface area (Å²) in [5, 5.41) is 0. The maximum atomic E-state index is 5.98. The minimum absolute atomic E-state index is 0.262. The molecule has 0 unspecified atom stereocenters. The fourth-order valence-electron chi connectivity index (χ4n) is 3.06. The van der Waals surface area contributed by atoms with Crippen LogP contribution in [-0.2, 0) is 6.54 Å². The van der Waals surface area contributed by atoms with Crippen LogP contribution < -0.4 is 9.47 Å². The van der Waals surface area contributed by atoms with Crippen LogP contribution in [0.1, 0.15) is 11.3 Å². The Labute approximate surface area is 154 Å². The van der Waals surface area contributed by atoms with E-state index in [1.807, 2.05) is 61.5 Å². The van der Waals surface area contributed by atoms with Crippen molar-refractivity contribution in [2.24, 2.45) is 0 Å². The molecule has 0 bridgehead atoms. The molecule has 0 atom stereocenters. The Kier molecular flexibility index (Phi) is 4.84. The van der Waals surface area contributed by atoms with Gasteiger partial charge in [0.15, 0.2) is 0 Å². The van der Waals surface area contributed by atoms with Crippen LogP contribution in [0.5, 0.6) is 17.2 Å². The highest BCUT2D eigenvalue weighted by molar-refractivity contribution is 5.33. The summed E-state index contributed by atoms with van der Waals surface area (Å²) in [4.78, 5) is 6.58. The zero-order valence-electron chi connectivity index (χ0n) is 14.8. The van der Waals surface area contributed by atoms with Crippen LogP contribution in [0.25, 0.3) is 0 Å². The highest BCUT2D eigenvalue weighted by atomic mass is 16.5. The lowest BCUT2D eigenvalue weighted by atomic mass is 10.1. The molecule has 0 spiro atoms. The minimum atomic E-state index is 0.262. The van der Waals surface area contributed by atoms with Crippen molar-refractivity contribution in [3.8, 4) is 17.2 Å². The van der Waals surface area contributed by atoms with Gasteiger partial charge in [0.2, 0.25) is 0 Å². The first-order valence-electron chi connectivity index (χ1n) is 8.88. The number of hydrogen-bond acceptors (Lipinski definition) is 4. The largest absolute Gasteiger partial charge is 0.488 e. The molecule has 0 N–H and O–H groups in total. The fourth-order valence-corrected chi connectivity index (χ4v) is 3.06. The predicted molar refractivity (Wildman–Crippen MR) is 102 cm³/mol. The van der Waals surface area contributed by atoms with E-state index in [2.05, 4.69) is 22.0 Å². The molecule has 0 radical (unpaired) electrons. The van der Waals surface area contributed by atoms with Gasteiger partial charge in [-0.1, -0.05) is 30.3 Å². The summed E-state index contributed by atoms with van der Waals surface area (Å²) in [7, 11) is 0. The molecule has 2 aromatic carbocycles. The maximum Gasteiger partial charge on any atom is 0.127 e. The molecule has 1 aliphatic rings. The molecule has 1 saturated heterocycles. The normalized spacial score (nSPS) is 14.7. The third-order valence-electron chi connectivity index (χ3n) is 4.40. The van der Waals surface area contributed by atoms with Gasteiger partial charge in [0.05, 0.1) is 0 Å². The minimum Gasteiger partial charge on any atom is -0.488 e. The number of benzene rings is 2. The van der Waals surface area contributed by atoms with Crippen LogP contribution in [0.2, 0.25) is 0 Å². The van der Waals surface area contributed by atoms with Gasteiger partial charge >= 0.3 is 0 Å². The van der Waals surface area contributed by atoms with Gasteiger partial charge in [0, 0.05) is 37.6 Å². The molecule has 2 heterocycles. The summed E-state index contributed by atoms with van der Waals surface area (Å²) >= 11 is 0. The van der Waals surface area contributed by atoms with E-state index in [9.17, 15) is 0 Å². The second-order valence-corrected chi connectivity index (χ2v) is 6.63. The standard InChI is InChI=1S/C22H22N2O2/c1-17-13-21(11-12-23-17)26-22-15-24(16-22)14-18-7-9-20(10-8-18)25-19-5-3-2-4-6-19/h2-13,22H,14-16H2,1H3. The highest BCUT2D eigenvalue weighted by Crippen LogP contribution is 2.23. The topological polar surface area (TPSA) is 34.6 Å². The zero-order valence-corrected chi connectivity index (χ0v) is 14.8. The average Bonchev–Trinajstić information content (AvgIpc) is 2.62. The van der Waals surface area contributed by atoms with Crippen LogP contribution in [-0.4, -0.2) is 29.1 Å². The molecule has 26 heavy (non-hydrogen) atoms. The Bertz CT molecular complexity index is 844. The molecule has 1 fully saturated rings. The van der Waals surface area contributed by atoms with Gasteiger partial charge in [-0.25, -0.2) is 0 Å². The van der Waals surface area contributed by atoms with Crippen molar-refractivity contribution < 1.29 is 9.47 Å². The van der Waals surface area contributed by atoms with Gasteiger partial charge < -0.3 is 9.47 Å². The Hall–Kier alpha value is -2.85. The van der Waals surface area contributed by atoms with Crippen LogP contribution in [0, 0.1) is 6.92 Å². The molecule has 0 saturated carbocycles. The van der Waals surface area contributed by atoms with Crippen molar-refractivity contribution >= 4 is 0 Å². The lowest BCUT2D eigenvalue weighted by molar-refractivity contribution is 0.0145. The van der Waals surface area contributed by atoms with Gasteiger partial charge in [-0.2, -0.15) is 0 Å². The number of ether oxygens (including phenoxy) is 2. The SMILES string of the molecule is Cc1cc(OC2CN(Cc3ccc(Oc4ccccc4)cc3)C2)ccn1. The second-order valence-electron chi connectivity index (χ2n) is 6.63. The Morgan fingerprint density at radius 2 is 1.65 bits per heavy atom. The predicted octanol–water partition coefficient (Wildman–Crippen LogP) is 4.45. The third kappa shape index (κ3) is 4.21. The van der Waals surface area contributed by atoms with E-state index in [1.165, 1.54) is 5.56 Å². The number of hydrogen-bond donors (Lipinski definition) is 0. The molecule has 132 valence electrons. The molecular formula is C22H22N2O2. The van der Waals surface area contributed by atoms with Gasteiger partial charge in [-0.15, -0.1) is 0 Å².